The summed E-state index contributed by atoms with van der Waals surface area (Å²) < 4.78 is 13.4. The van der Waals surface area contributed by atoms with Gasteiger partial charge in [-0.1, -0.05) is 54.6 Å². The van der Waals surface area contributed by atoms with Gasteiger partial charge in [0.2, 0.25) is 0 Å². The normalized spacial score (nSPS) is 13.5. The van der Waals surface area contributed by atoms with Gasteiger partial charge in [-0.2, -0.15) is 0 Å². The highest BCUT2D eigenvalue weighted by Gasteiger charge is 2.32. The number of rotatable bonds is 4. The molecule has 0 aliphatic carbocycles. The Bertz CT molecular complexity index is 1040. The fourth-order valence-electron chi connectivity index (χ4n) is 3.52. The number of halogens is 1. The van der Waals surface area contributed by atoms with E-state index in [2.05, 4.69) is 10.6 Å². The van der Waals surface area contributed by atoms with Crippen molar-refractivity contribution in [1.29, 1.82) is 0 Å². The van der Waals surface area contributed by atoms with E-state index in [9.17, 15) is 14.0 Å². The molecule has 1 heterocycles. The van der Waals surface area contributed by atoms with E-state index in [0.29, 0.717) is 17.8 Å². The Hall–Kier alpha value is -3.67. The Morgan fingerprint density at radius 1 is 0.931 bits per heavy atom. The molecule has 0 unspecified atom stereocenters. The van der Waals surface area contributed by atoms with E-state index in [1.165, 1.54) is 18.2 Å². The number of carbonyl (C=O) groups is 2. The molecule has 146 valence electrons. The molecule has 29 heavy (non-hydrogen) atoms. The SMILES string of the molecule is O=C(Nc1cccc(F)c1)N[C@@H](C(=O)N1CCc2ccccc21)c1ccccc1. The summed E-state index contributed by atoms with van der Waals surface area (Å²) in [5, 5.41) is 5.33. The number of urea groups is 1. The molecule has 0 saturated carbocycles. The molecule has 4 rings (SSSR count). The molecule has 3 amide bonds. The lowest BCUT2D eigenvalue weighted by Gasteiger charge is -2.25. The first-order chi connectivity index (χ1) is 14.1. The molecule has 6 heteroatoms. The van der Waals surface area contributed by atoms with Gasteiger partial charge in [0, 0.05) is 17.9 Å². The molecular formula is C23H20FN3O2. The van der Waals surface area contributed by atoms with Gasteiger partial charge in [0.15, 0.2) is 0 Å². The average molecular weight is 389 g/mol. The van der Waals surface area contributed by atoms with E-state index in [0.717, 1.165) is 17.7 Å². The van der Waals surface area contributed by atoms with Crippen molar-refractivity contribution in [1.82, 2.24) is 5.32 Å². The highest BCUT2D eigenvalue weighted by atomic mass is 19.1. The maximum absolute atomic E-state index is 13.4. The Morgan fingerprint density at radius 2 is 1.69 bits per heavy atom. The lowest BCUT2D eigenvalue weighted by Crippen LogP contribution is -2.43. The van der Waals surface area contributed by atoms with Gasteiger partial charge in [-0.25, -0.2) is 9.18 Å². The van der Waals surface area contributed by atoms with E-state index >= 15 is 0 Å². The number of hydrogen-bond acceptors (Lipinski definition) is 2. The zero-order chi connectivity index (χ0) is 20.2. The molecule has 1 atom stereocenters. The third kappa shape index (κ3) is 4.11. The van der Waals surface area contributed by atoms with Gasteiger partial charge in [-0.15, -0.1) is 0 Å². The van der Waals surface area contributed by atoms with Crippen molar-refractivity contribution in [3.8, 4) is 0 Å². The van der Waals surface area contributed by atoms with Crippen LogP contribution in [0.2, 0.25) is 0 Å². The summed E-state index contributed by atoms with van der Waals surface area (Å²) in [5.74, 6) is -0.664. The second-order valence-corrected chi connectivity index (χ2v) is 6.82. The van der Waals surface area contributed by atoms with E-state index in [1.807, 2.05) is 42.5 Å². The summed E-state index contributed by atoms with van der Waals surface area (Å²) in [7, 11) is 0. The summed E-state index contributed by atoms with van der Waals surface area (Å²) >= 11 is 0. The Morgan fingerprint density at radius 3 is 2.48 bits per heavy atom. The zero-order valence-electron chi connectivity index (χ0n) is 15.6. The van der Waals surface area contributed by atoms with Crippen LogP contribution in [0.3, 0.4) is 0 Å². The van der Waals surface area contributed by atoms with Crippen molar-refractivity contribution in [2.75, 3.05) is 16.8 Å². The maximum atomic E-state index is 13.4. The predicted octanol–water partition coefficient (Wildman–Crippen LogP) is 4.28. The number of anilines is 2. The largest absolute Gasteiger partial charge is 0.322 e. The molecule has 5 nitrogen and oxygen atoms in total. The van der Waals surface area contributed by atoms with Gasteiger partial charge in [0.1, 0.15) is 11.9 Å². The maximum Gasteiger partial charge on any atom is 0.320 e. The summed E-state index contributed by atoms with van der Waals surface area (Å²) in [5.41, 5.74) is 2.96. The number of benzene rings is 3. The van der Waals surface area contributed by atoms with Crippen LogP contribution in [0.4, 0.5) is 20.6 Å². The zero-order valence-corrected chi connectivity index (χ0v) is 15.6. The first-order valence-electron chi connectivity index (χ1n) is 9.39. The number of nitrogens with zero attached hydrogens (tertiary/aromatic N) is 1. The standard InChI is InChI=1S/C23H20FN3O2/c24-18-10-6-11-19(15-18)25-23(29)26-21(17-8-2-1-3-9-17)22(28)27-14-13-16-7-4-5-12-20(16)27/h1-12,15,21H,13-14H2,(H2,25,26,29)/t21-/m1/s1. The molecule has 0 spiro atoms. The van der Waals surface area contributed by atoms with E-state index in [1.54, 1.807) is 23.1 Å². The van der Waals surface area contributed by atoms with Gasteiger partial charge >= 0.3 is 6.03 Å². The highest BCUT2D eigenvalue weighted by Crippen LogP contribution is 2.30. The molecule has 3 aromatic rings. The van der Waals surface area contributed by atoms with Crippen molar-refractivity contribution in [2.45, 2.75) is 12.5 Å². The van der Waals surface area contributed by atoms with Crippen molar-refractivity contribution in [2.24, 2.45) is 0 Å². The summed E-state index contributed by atoms with van der Waals surface area (Å²) in [4.78, 5) is 27.6. The van der Waals surface area contributed by atoms with Gasteiger partial charge in [0.25, 0.3) is 5.91 Å². The van der Waals surface area contributed by atoms with Crippen molar-refractivity contribution in [3.05, 3.63) is 95.8 Å². The molecule has 1 aliphatic heterocycles. The van der Waals surface area contributed by atoms with Crippen LogP contribution in [-0.2, 0) is 11.2 Å². The number of amides is 3. The van der Waals surface area contributed by atoms with E-state index in [4.69, 9.17) is 0 Å². The van der Waals surface area contributed by atoms with Crippen LogP contribution in [0, 0.1) is 5.82 Å². The second kappa shape index (κ2) is 8.14. The van der Waals surface area contributed by atoms with Crippen molar-refractivity contribution < 1.29 is 14.0 Å². The summed E-state index contributed by atoms with van der Waals surface area (Å²) in [6, 6.07) is 21.0. The fourth-order valence-corrected chi connectivity index (χ4v) is 3.52. The molecule has 2 N–H and O–H groups in total. The van der Waals surface area contributed by atoms with E-state index in [-0.39, 0.29) is 5.91 Å². The van der Waals surface area contributed by atoms with Crippen LogP contribution in [-0.4, -0.2) is 18.5 Å². The fraction of sp³-hybridized carbons (Fsp3) is 0.130. The first kappa shape index (κ1) is 18.7. The van der Waals surface area contributed by atoms with Gasteiger partial charge in [-0.3, -0.25) is 4.79 Å². The van der Waals surface area contributed by atoms with Crippen molar-refractivity contribution >= 4 is 23.3 Å². The number of fused-ring (bicyclic) bond motifs is 1. The molecule has 0 fully saturated rings. The minimum absolute atomic E-state index is 0.212. The molecule has 1 aliphatic rings. The smallest absolute Gasteiger partial charge is 0.320 e. The molecule has 0 bridgehead atoms. The van der Waals surface area contributed by atoms with Crippen LogP contribution in [0.25, 0.3) is 0 Å². The van der Waals surface area contributed by atoms with Gasteiger partial charge in [0.05, 0.1) is 0 Å². The second-order valence-electron chi connectivity index (χ2n) is 6.82. The number of nitrogens with one attached hydrogen (secondary N) is 2. The Balaban J connectivity index is 1.57. The third-order valence-corrected chi connectivity index (χ3v) is 4.89. The van der Waals surface area contributed by atoms with E-state index < -0.39 is 17.9 Å². The van der Waals surface area contributed by atoms with Crippen LogP contribution in [0.15, 0.2) is 78.9 Å². The van der Waals surface area contributed by atoms with Crippen LogP contribution < -0.4 is 15.5 Å². The minimum atomic E-state index is -0.865. The molecular weight excluding hydrogens is 369 g/mol. The van der Waals surface area contributed by atoms with Gasteiger partial charge in [-0.05, 0) is 41.8 Å². The van der Waals surface area contributed by atoms with Crippen LogP contribution >= 0.6 is 0 Å². The van der Waals surface area contributed by atoms with Gasteiger partial charge < -0.3 is 15.5 Å². The lowest BCUT2D eigenvalue weighted by atomic mass is 10.1. The first-order valence-corrected chi connectivity index (χ1v) is 9.39. The predicted molar refractivity (Wildman–Crippen MR) is 110 cm³/mol. The van der Waals surface area contributed by atoms with Crippen LogP contribution in [0.5, 0.6) is 0 Å². The summed E-state index contributed by atoms with van der Waals surface area (Å²) in [6.45, 7) is 0.564. The molecule has 0 radical (unpaired) electrons. The van der Waals surface area contributed by atoms with Crippen molar-refractivity contribution in [3.63, 3.8) is 0 Å². The molecule has 0 aromatic heterocycles. The summed E-state index contributed by atoms with van der Waals surface area (Å²) in [6.07, 6.45) is 0.777. The Labute approximate surface area is 168 Å². The highest BCUT2D eigenvalue weighted by molar-refractivity contribution is 6.02. The monoisotopic (exact) mass is 389 g/mol. The molecule has 3 aromatic carbocycles. The van der Waals surface area contributed by atoms with Crippen LogP contribution in [0.1, 0.15) is 17.2 Å². The number of hydrogen-bond donors (Lipinski definition) is 2. The minimum Gasteiger partial charge on any atom is -0.322 e. The average Bonchev–Trinajstić information content (AvgIpc) is 3.16. The lowest BCUT2D eigenvalue weighted by molar-refractivity contribution is -0.120. The number of carbonyl (C=O) groups excluding carboxylic acids is 2. The Kier molecular flexibility index (Phi) is 5.24. The third-order valence-electron chi connectivity index (χ3n) is 4.89. The number of para-hydroxylation sites is 1. The molecule has 0 saturated heterocycles. The topological polar surface area (TPSA) is 61.4 Å². The quantitative estimate of drug-likeness (QED) is 0.700.